The van der Waals surface area contributed by atoms with Crippen molar-refractivity contribution in [2.45, 2.75) is 0 Å². The minimum atomic E-state index is -4.19. The molecule has 2 aromatic heterocycles. The van der Waals surface area contributed by atoms with Gasteiger partial charge in [-0.05, 0) is 18.2 Å². The molecule has 0 spiro atoms. The monoisotopic (exact) mass is 351 g/mol. The van der Waals surface area contributed by atoms with E-state index in [1.54, 1.807) is 12.1 Å². The van der Waals surface area contributed by atoms with E-state index in [1.165, 1.54) is 12.3 Å². The molecular weight excluding hydrogens is 334 g/mol. The maximum atomic E-state index is 11.5. The van der Waals surface area contributed by atoms with Crippen molar-refractivity contribution in [1.82, 2.24) is 14.3 Å². The Morgan fingerprint density at radius 2 is 1.96 bits per heavy atom. The summed E-state index contributed by atoms with van der Waals surface area (Å²) in [5.74, 6) is -0.585. The fraction of sp³-hybridized carbons (Fsp3) is 0.286. The first-order valence-electron chi connectivity index (χ1n) is 7.28. The zero-order valence-corrected chi connectivity index (χ0v) is 13.5. The summed E-state index contributed by atoms with van der Waals surface area (Å²) in [4.78, 5) is 17.9. The second-order valence-corrected chi connectivity index (χ2v) is 6.79. The largest absolute Gasteiger partial charge is 0.477 e. The highest BCUT2D eigenvalue weighted by atomic mass is 32.2. The molecule has 3 rings (SSSR count). The van der Waals surface area contributed by atoms with Crippen molar-refractivity contribution in [2.75, 3.05) is 31.1 Å². The number of piperazine rings is 1. The third-order valence-electron chi connectivity index (χ3n) is 3.83. The van der Waals surface area contributed by atoms with Gasteiger partial charge in [0.2, 0.25) is 0 Å². The molecule has 1 fully saturated rings. The molecule has 24 heavy (non-hydrogen) atoms. The molecule has 0 amide bonds. The number of hydrogen-bond donors (Lipinski definition) is 3. The Hall–Kier alpha value is -2.43. The lowest BCUT2D eigenvalue weighted by atomic mass is 10.1. The van der Waals surface area contributed by atoms with Gasteiger partial charge in [0.15, 0.2) is 5.69 Å². The Morgan fingerprint density at radius 1 is 1.25 bits per heavy atom. The van der Waals surface area contributed by atoms with E-state index in [9.17, 15) is 18.3 Å². The molecule has 128 valence electrons. The van der Waals surface area contributed by atoms with Gasteiger partial charge in [-0.25, -0.2) is 18.9 Å². The summed E-state index contributed by atoms with van der Waals surface area (Å²) in [6, 6.07) is 4.91. The standard InChI is InChI=1S/C14H17N5O4S/c15-24(22,23)19-6-3-11(13(19)14(20)21)10-1-2-12(17-9-10)18-7-4-16-5-8-18/h1-3,6,9,16H,4-5,7-8H2,(H,20,21)(H2,15,22,23). The molecule has 1 aliphatic heterocycles. The number of nitrogens with zero attached hydrogens (tertiary/aromatic N) is 3. The number of aromatic nitrogens is 2. The lowest BCUT2D eigenvalue weighted by molar-refractivity contribution is 0.0690. The quantitative estimate of drug-likeness (QED) is 0.690. The minimum Gasteiger partial charge on any atom is -0.477 e. The molecule has 4 N–H and O–H groups in total. The Balaban J connectivity index is 1.97. The molecule has 0 aromatic carbocycles. The van der Waals surface area contributed by atoms with Crippen molar-refractivity contribution in [3.05, 3.63) is 36.3 Å². The van der Waals surface area contributed by atoms with Crippen molar-refractivity contribution in [2.24, 2.45) is 5.14 Å². The molecule has 0 radical (unpaired) electrons. The predicted octanol–water partition coefficient (Wildman–Crippen LogP) is -0.290. The second-order valence-electron chi connectivity index (χ2n) is 5.37. The zero-order chi connectivity index (χ0) is 17.3. The number of carboxylic acid groups (broad SMARTS) is 1. The van der Waals surface area contributed by atoms with Gasteiger partial charge in [-0.3, -0.25) is 0 Å². The zero-order valence-electron chi connectivity index (χ0n) is 12.7. The van der Waals surface area contributed by atoms with Crippen molar-refractivity contribution in [3.8, 4) is 11.1 Å². The third kappa shape index (κ3) is 3.11. The van der Waals surface area contributed by atoms with Gasteiger partial charge in [0, 0.05) is 49.7 Å². The number of hydrogen-bond acceptors (Lipinski definition) is 6. The highest BCUT2D eigenvalue weighted by Gasteiger charge is 2.23. The fourth-order valence-corrected chi connectivity index (χ4v) is 3.36. The van der Waals surface area contributed by atoms with Crippen LogP contribution in [0.4, 0.5) is 5.82 Å². The van der Waals surface area contributed by atoms with Crippen molar-refractivity contribution in [1.29, 1.82) is 0 Å². The molecule has 9 nitrogen and oxygen atoms in total. The van der Waals surface area contributed by atoms with Crippen molar-refractivity contribution >= 4 is 22.0 Å². The molecule has 10 heteroatoms. The van der Waals surface area contributed by atoms with Crippen LogP contribution in [-0.4, -0.2) is 54.6 Å². The second kappa shape index (κ2) is 6.23. The summed E-state index contributed by atoms with van der Waals surface area (Å²) in [6.45, 7) is 3.44. The number of carboxylic acids is 1. The van der Waals surface area contributed by atoms with Gasteiger partial charge in [-0.2, -0.15) is 8.42 Å². The first-order chi connectivity index (χ1) is 11.4. The number of pyridine rings is 1. The Kier molecular flexibility index (Phi) is 4.26. The smallest absolute Gasteiger partial charge is 0.354 e. The first kappa shape index (κ1) is 16.4. The van der Waals surface area contributed by atoms with Gasteiger partial charge < -0.3 is 15.3 Å². The molecule has 0 unspecified atom stereocenters. The summed E-state index contributed by atoms with van der Waals surface area (Å²) in [7, 11) is -4.19. The number of nitrogens with two attached hydrogens (primary N) is 1. The number of anilines is 1. The van der Waals surface area contributed by atoms with E-state index in [2.05, 4.69) is 15.2 Å². The molecule has 0 bridgehead atoms. The van der Waals surface area contributed by atoms with Crippen LogP contribution in [-0.2, 0) is 10.2 Å². The summed E-state index contributed by atoms with van der Waals surface area (Å²) in [5.41, 5.74) is 0.346. The summed E-state index contributed by atoms with van der Waals surface area (Å²) >= 11 is 0. The van der Waals surface area contributed by atoms with Crippen LogP contribution < -0.4 is 15.4 Å². The third-order valence-corrected chi connectivity index (χ3v) is 4.68. The van der Waals surface area contributed by atoms with E-state index < -0.39 is 21.9 Å². The van der Waals surface area contributed by atoms with Crippen molar-refractivity contribution in [3.63, 3.8) is 0 Å². The number of rotatable bonds is 4. The Morgan fingerprint density at radius 3 is 2.50 bits per heavy atom. The van der Waals surface area contributed by atoms with Crippen LogP contribution in [0.25, 0.3) is 11.1 Å². The minimum absolute atomic E-state index is 0.246. The van der Waals surface area contributed by atoms with E-state index in [1.807, 2.05) is 0 Å². The van der Waals surface area contributed by atoms with Crippen LogP contribution in [0.1, 0.15) is 10.5 Å². The summed E-state index contributed by atoms with van der Waals surface area (Å²) in [6.07, 6.45) is 2.66. The molecule has 1 saturated heterocycles. The average molecular weight is 351 g/mol. The molecule has 0 saturated carbocycles. The Labute approximate surface area is 138 Å². The normalized spacial score (nSPS) is 15.5. The van der Waals surface area contributed by atoms with Crippen LogP contribution >= 0.6 is 0 Å². The predicted molar refractivity (Wildman–Crippen MR) is 88.2 cm³/mol. The van der Waals surface area contributed by atoms with E-state index in [0.29, 0.717) is 9.54 Å². The molecule has 1 aliphatic rings. The molecular formula is C14H17N5O4S. The maximum absolute atomic E-state index is 11.5. The lowest BCUT2D eigenvalue weighted by Gasteiger charge is -2.28. The average Bonchev–Trinajstić information content (AvgIpc) is 3.01. The highest BCUT2D eigenvalue weighted by molar-refractivity contribution is 7.87. The van der Waals surface area contributed by atoms with E-state index >= 15 is 0 Å². The number of aromatic carboxylic acids is 1. The van der Waals surface area contributed by atoms with E-state index in [4.69, 9.17) is 5.14 Å². The molecule has 0 atom stereocenters. The SMILES string of the molecule is NS(=O)(=O)n1ccc(-c2ccc(N3CCNCC3)nc2)c1C(=O)O. The van der Waals surface area contributed by atoms with Gasteiger partial charge in [-0.1, -0.05) is 0 Å². The van der Waals surface area contributed by atoms with Gasteiger partial charge in [0.25, 0.3) is 0 Å². The van der Waals surface area contributed by atoms with Crippen molar-refractivity contribution < 1.29 is 18.3 Å². The highest BCUT2D eigenvalue weighted by Crippen LogP contribution is 2.26. The topological polar surface area (TPSA) is 131 Å². The van der Waals surface area contributed by atoms with Gasteiger partial charge in [0.05, 0.1) is 0 Å². The Bertz CT molecular complexity index is 854. The van der Waals surface area contributed by atoms with Gasteiger partial charge in [0.1, 0.15) is 5.82 Å². The molecule has 0 aliphatic carbocycles. The van der Waals surface area contributed by atoms with Crippen LogP contribution in [0.15, 0.2) is 30.6 Å². The number of carbonyl (C=O) groups is 1. The molecule has 3 heterocycles. The lowest BCUT2D eigenvalue weighted by Crippen LogP contribution is -2.43. The number of nitrogens with one attached hydrogen (secondary N) is 1. The van der Waals surface area contributed by atoms with Gasteiger partial charge in [-0.15, -0.1) is 0 Å². The van der Waals surface area contributed by atoms with Crippen LogP contribution in [0.3, 0.4) is 0 Å². The summed E-state index contributed by atoms with van der Waals surface area (Å²) < 4.78 is 23.6. The maximum Gasteiger partial charge on any atom is 0.354 e. The first-order valence-corrected chi connectivity index (χ1v) is 8.78. The van der Waals surface area contributed by atoms with E-state index in [0.717, 1.165) is 38.2 Å². The fourth-order valence-electron chi connectivity index (χ4n) is 2.70. The molecule has 2 aromatic rings. The van der Waals surface area contributed by atoms with Crippen LogP contribution in [0.5, 0.6) is 0 Å². The van der Waals surface area contributed by atoms with Gasteiger partial charge >= 0.3 is 16.2 Å². The van der Waals surface area contributed by atoms with Crippen LogP contribution in [0, 0.1) is 0 Å². The summed E-state index contributed by atoms with van der Waals surface area (Å²) in [5, 5.41) is 17.6. The van der Waals surface area contributed by atoms with Crippen LogP contribution in [0.2, 0.25) is 0 Å². The van der Waals surface area contributed by atoms with E-state index in [-0.39, 0.29) is 5.56 Å².